The van der Waals surface area contributed by atoms with Gasteiger partial charge in [-0.05, 0) is 79.4 Å². The topological polar surface area (TPSA) is 40.5 Å². The van der Waals surface area contributed by atoms with E-state index in [-0.39, 0.29) is 17.6 Å². The number of aliphatic hydroxyl groups is 2. The Hall–Kier alpha value is 0.400. The largest absolute Gasteiger partial charge is 0.393 e. The Morgan fingerprint density at radius 2 is 1.73 bits per heavy atom. The van der Waals surface area contributed by atoms with E-state index in [1.54, 1.807) is 0 Å². The third-order valence-corrected chi connectivity index (χ3v) is 9.83. The van der Waals surface area contributed by atoms with Gasteiger partial charge in [-0.25, -0.2) is 0 Å². The molecule has 0 bridgehead atoms. The first-order valence-electron chi connectivity index (χ1n) is 9.36. The second kappa shape index (κ2) is 5.20. The molecule has 3 heteroatoms. The van der Waals surface area contributed by atoms with Gasteiger partial charge < -0.3 is 10.2 Å². The van der Waals surface area contributed by atoms with Crippen molar-refractivity contribution in [3.05, 3.63) is 0 Å². The summed E-state index contributed by atoms with van der Waals surface area (Å²) in [7, 11) is 0. The van der Waals surface area contributed by atoms with Gasteiger partial charge in [-0.1, -0.05) is 36.2 Å². The van der Waals surface area contributed by atoms with Crippen LogP contribution in [0, 0.1) is 34.5 Å². The molecule has 4 unspecified atom stereocenters. The van der Waals surface area contributed by atoms with Gasteiger partial charge in [0.1, 0.15) is 0 Å². The lowest BCUT2D eigenvalue weighted by atomic mass is 9.44. The lowest BCUT2D eigenvalue weighted by Gasteiger charge is -2.63. The van der Waals surface area contributed by atoms with Crippen molar-refractivity contribution in [2.45, 2.75) is 82.2 Å². The fraction of sp³-hybridized carbons (Fsp3) is 1.00. The fourth-order valence-electron chi connectivity index (χ4n) is 7.21. The number of hydrogen-bond donors (Lipinski definition) is 2. The van der Waals surface area contributed by atoms with Crippen molar-refractivity contribution in [2.24, 2.45) is 34.5 Å². The molecule has 4 fully saturated rings. The summed E-state index contributed by atoms with van der Waals surface area (Å²) in [4.78, 5) is 0.402. The van der Waals surface area contributed by atoms with Gasteiger partial charge in [-0.2, -0.15) is 0 Å². The van der Waals surface area contributed by atoms with Crippen LogP contribution in [0.2, 0.25) is 0 Å². The van der Waals surface area contributed by atoms with E-state index in [9.17, 15) is 10.2 Å². The van der Waals surface area contributed by atoms with Crippen molar-refractivity contribution in [1.29, 1.82) is 0 Å². The van der Waals surface area contributed by atoms with Crippen LogP contribution in [-0.2, 0) is 0 Å². The third-order valence-electron chi connectivity index (χ3n) is 8.47. The van der Waals surface area contributed by atoms with Crippen LogP contribution in [0.4, 0.5) is 0 Å². The summed E-state index contributed by atoms with van der Waals surface area (Å²) in [6.45, 7) is 4.95. The molecule has 22 heavy (non-hydrogen) atoms. The van der Waals surface area contributed by atoms with Crippen molar-refractivity contribution in [3.63, 3.8) is 0 Å². The molecule has 126 valence electrons. The first-order chi connectivity index (χ1) is 10.4. The molecule has 4 aliphatic carbocycles. The molecule has 2 nitrogen and oxygen atoms in total. The highest BCUT2D eigenvalue weighted by Gasteiger charge is 2.62. The molecule has 0 aromatic heterocycles. The highest BCUT2D eigenvalue weighted by atomic mass is 79.9. The Morgan fingerprint density at radius 3 is 2.50 bits per heavy atom. The molecule has 4 saturated carbocycles. The van der Waals surface area contributed by atoms with Crippen LogP contribution in [0.5, 0.6) is 0 Å². The Kier molecular flexibility index (Phi) is 3.76. The average molecular weight is 371 g/mol. The molecule has 0 radical (unpaired) electrons. The van der Waals surface area contributed by atoms with Gasteiger partial charge in [0.05, 0.1) is 12.2 Å². The van der Waals surface area contributed by atoms with E-state index in [2.05, 4.69) is 29.8 Å². The molecular formula is C19H31BrO2. The van der Waals surface area contributed by atoms with Crippen LogP contribution in [0.25, 0.3) is 0 Å². The Bertz CT molecular complexity index is 455. The Balaban J connectivity index is 1.70. The first kappa shape index (κ1) is 15.9. The molecule has 0 aromatic carbocycles. The zero-order valence-electron chi connectivity index (χ0n) is 14.0. The maximum atomic E-state index is 11.0. The van der Waals surface area contributed by atoms with Gasteiger partial charge in [-0.15, -0.1) is 0 Å². The molecule has 0 aliphatic heterocycles. The normalized spacial score (nSPS) is 61.2. The second-order valence-electron chi connectivity index (χ2n) is 9.33. The number of fused-ring (bicyclic) bond motifs is 5. The molecule has 4 rings (SSSR count). The predicted molar refractivity (Wildman–Crippen MR) is 91.8 cm³/mol. The number of hydrogen-bond acceptors (Lipinski definition) is 2. The maximum Gasteiger partial charge on any atom is 0.0577 e. The molecule has 2 N–H and O–H groups in total. The number of aliphatic hydroxyl groups excluding tert-OH is 2. The van der Waals surface area contributed by atoms with Crippen LogP contribution >= 0.6 is 15.9 Å². The molecule has 0 saturated heterocycles. The average Bonchev–Trinajstić information content (AvgIpc) is 2.83. The smallest absolute Gasteiger partial charge is 0.0577 e. The van der Waals surface area contributed by atoms with Gasteiger partial charge in [0.2, 0.25) is 0 Å². The molecule has 4 aliphatic rings. The van der Waals surface area contributed by atoms with Crippen LogP contribution in [0.1, 0.15) is 65.2 Å². The van der Waals surface area contributed by atoms with Gasteiger partial charge in [0.25, 0.3) is 0 Å². The zero-order chi connectivity index (χ0) is 15.7. The number of rotatable bonds is 0. The summed E-state index contributed by atoms with van der Waals surface area (Å²) in [5, 5.41) is 21.2. The minimum absolute atomic E-state index is 0.143. The second-order valence-corrected chi connectivity index (χ2v) is 10.4. The van der Waals surface area contributed by atoms with E-state index in [4.69, 9.17) is 0 Å². The van der Waals surface area contributed by atoms with Crippen molar-refractivity contribution in [1.82, 2.24) is 0 Å². The lowest BCUT2D eigenvalue weighted by molar-refractivity contribution is -0.164. The van der Waals surface area contributed by atoms with Crippen LogP contribution < -0.4 is 0 Å². The van der Waals surface area contributed by atoms with Crippen molar-refractivity contribution in [2.75, 3.05) is 0 Å². The summed E-state index contributed by atoms with van der Waals surface area (Å²) in [6, 6.07) is 0. The standard InChI is InChI=1S/C19H31BrO2/c1-18-6-3-4-13(18)17-14(5-7-18)19(2)11(9-15(17)22)8-12(21)10-16(19)20/h11-17,21-22H,3-10H2,1-2H3/t11?,12?,13-,14+,15?,16?,17-,18-,19-/m0/s1. The minimum Gasteiger partial charge on any atom is -0.393 e. The fourth-order valence-corrected chi connectivity index (χ4v) is 8.35. The van der Waals surface area contributed by atoms with Gasteiger partial charge in [0.15, 0.2) is 0 Å². The summed E-state index contributed by atoms with van der Waals surface area (Å²) in [5.74, 6) is 2.33. The summed E-state index contributed by atoms with van der Waals surface area (Å²) >= 11 is 3.95. The lowest BCUT2D eigenvalue weighted by Crippen LogP contribution is -2.61. The van der Waals surface area contributed by atoms with E-state index in [0.717, 1.165) is 25.2 Å². The van der Waals surface area contributed by atoms with Crippen molar-refractivity contribution >= 4 is 15.9 Å². The summed E-state index contributed by atoms with van der Waals surface area (Å²) in [6.07, 6.45) is 9.01. The number of halogens is 1. The third kappa shape index (κ3) is 2.04. The van der Waals surface area contributed by atoms with Crippen LogP contribution in [0.3, 0.4) is 0 Å². The SMILES string of the molecule is C[C@@]12CCC[C@H]1[C@@H]1C(O)CC3CC(O)CC(Br)[C@]3(C)[C@@H]1CC2. The van der Waals surface area contributed by atoms with Gasteiger partial charge >= 0.3 is 0 Å². The Morgan fingerprint density at radius 1 is 0.955 bits per heavy atom. The summed E-state index contributed by atoms with van der Waals surface area (Å²) < 4.78 is 0. The quantitative estimate of drug-likeness (QED) is 0.629. The van der Waals surface area contributed by atoms with Crippen molar-refractivity contribution < 1.29 is 10.2 Å². The molecular weight excluding hydrogens is 340 g/mol. The molecule has 0 aromatic rings. The summed E-state index contributed by atoms with van der Waals surface area (Å²) in [5.41, 5.74) is 0.744. The van der Waals surface area contributed by atoms with E-state index in [1.165, 1.54) is 32.1 Å². The maximum absolute atomic E-state index is 11.0. The van der Waals surface area contributed by atoms with Crippen LogP contribution in [0.15, 0.2) is 0 Å². The first-order valence-corrected chi connectivity index (χ1v) is 10.3. The van der Waals surface area contributed by atoms with Gasteiger partial charge in [-0.3, -0.25) is 0 Å². The van der Waals surface area contributed by atoms with E-state index < -0.39 is 0 Å². The highest BCUT2D eigenvalue weighted by molar-refractivity contribution is 9.09. The van der Waals surface area contributed by atoms with E-state index >= 15 is 0 Å². The molecule has 0 amide bonds. The number of alkyl halides is 1. The van der Waals surface area contributed by atoms with E-state index in [0.29, 0.717) is 28.0 Å². The molecule has 9 atom stereocenters. The monoisotopic (exact) mass is 370 g/mol. The van der Waals surface area contributed by atoms with Crippen molar-refractivity contribution in [3.8, 4) is 0 Å². The van der Waals surface area contributed by atoms with Gasteiger partial charge in [0, 0.05) is 4.83 Å². The minimum atomic E-state index is -0.188. The molecule has 0 heterocycles. The van der Waals surface area contributed by atoms with E-state index in [1.807, 2.05) is 0 Å². The zero-order valence-corrected chi connectivity index (χ0v) is 15.6. The highest BCUT2D eigenvalue weighted by Crippen LogP contribution is 2.67. The van der Waals surface area contributed by atoms with Crippen LogP contribution in [-0.4, -0.2) is 27.2 Å². The predicted octanol–water partition coefficient (Wildman–Crippen LogP) is 4.12. The Labute approximate surface area is 143 Å². The molecule has 0 spiro atoms.